The van der Waals surface area contributed by atoms with Crippen LogP contribution in [0.4, 0.5) is 0 Å². The quantitative estimate of drug-likeness (QED) is 0.501. The molecule has 0 aliphatic heterocycles. The Morgan fingerprint density at radius 2 is 2.25 bits per heavy atom. The van der Waals surface area contributed by atoms with Gasteiger partial charge in [0.25, 0.3) is 0 Å². The van der Waals surface area contributed by atoms with Gasteiger partial charge in [0.15, 0.2) is 0 Å². The molecule has 1 N–H and O–H groups in total. The van der Waals surface area contributed by atoms with E-state index >= 15 is 0 Å². The van der Waals surface area contributed by atoms with Gasteiger partial charge in [-0.1, -0.05) is 12.2 Å². The van der Waals surface area contributed by atoms with Crippen LogP contribution in [0.5, 0.6) is 0 Å². The summed E-state index contributed by atoms with van der Waals surface area (Å²) in [5.41, 5.74) is 0. The zero-order chi connectivity index (χ0) is 9.56. The second-order valence-corrected chi connectivity index (χ2v) is 2.51. The topological polar surface area (TPSA) is 55.4 Å². The second-order valence-electron chi connectivity index (χ2n) is 2.18. The first-order valence-electron chi connectivity index (χ1n) is 3.40. The van der Waals surface area contributed by atoms with E-state index in [1.165, 1.54) is 19.4 Å². The van der Waals surface area contributed by atoms with E-state index in [1.54, 1.807) is 0 Å². The van der Waals surface area contributed by atoms with Gasteiger partial charge in [0.1, 0.15) is 6.04 Å². The molecule has 0 aromatic carbocycles. The molecule has 1 unspecified atom stereocenters. The minimum atomic E-state index is -0.648. The molecule has 1 atom stereocenters. The Hall–Kier alpha value is -0.970. The zero-order valence-electron chi connectivity index (χ0n) is 6.99. The van der Waals surface area contributed by atoms with Crippen LogP contribution < -0.4 is 5.32 Å². The van der Waals surface area contributed by atoms with Crippen LogP contribution >= 0.6 is 12.2 Å². The Labute approximate surface area is 76.3 Å². The summed E-state index contributed by atoms with van der Waals surface area (Å²) >= 11 is 4.56. The van der Waals surface area contributed by atoms with Crippen molar-refractivity contribution in [3.8, 4) is 0 Å². The fourth-order valence-corrected chi connectivity index (χ4v) is 0.890. The third kappa shape index (κ3) is 4.02. The van der Waals surface area contributed by atoms with Gasteiger partial charge in [0.2, 0.25) is 5.91 Å². The third-order valence-corrected chi connectivity index (χ3v) is 1.39. The Morgan fingerprint density at radius 3 is 2.58 bits per heavy atom. The summed E-state index contributed by atoms with van der Waals surface area (Å²) < 4.78 is 4.45. The molecule has 1 amide bonds. The molecule has 0 spiro atoms. The lowest BCUT2D eigenvalue weighted by Crippen LogP contribution is -2.40. The number of thiocarbonyl (C=S) groups is 1. The first kappa shape index (κ1) is 11.0. The molecule has 0 rings (SSSR count). The van der Waals surface area contributed by atoms with E-state index < -0.39 is 12.0 Å². The monoisotopic (exact) mass is 189 g/mol. The van der Waals surface area contributed by atoms with E-state index in [0.717, 1.165) is 0 Å². The third-order valence-electron chi connectivity index (χ3n) is 1.20. The van der Waals surface area contributed by atoms with Gasteiger partial charge in [-0.25, -0.2) is 4.79 Å². The number of nitrogens with one attached hydrogen (secondary N) is 1. The standard InChI is InChI=1S/C7H11NO3S/c1-5(9)8-6(3-4-12)7(10)11-2/h4,6H,3H2,1-2H3,(H,8,9). The van der Waals surface area contributed by atoms with Crippen LogP contribution in [0.15, 0.2) is 0 Å². The first-order valence-corrected chi connectivity index (χ1v) is 3.87. The van der Waals surface area contributed by atoms with E-state index in [9.17, 15) is 9.59 Å². The molecule has 0 radical (unpaired) electrons. The average molecular weight is 189 g/mol. The van der Waals surface area contributed by atoms with E-state index in [1.807, 2.05) is 0 Å². The van der Waals surface area contributed by atoms with Crippen molar-refractivity contribution in [3.05, 3.63) is 0 Å². The van der Waals surface area contributed by atoms with Crippen molar-refractivity contribution in [2.45, 2.75) is 19.4 Å². The molecular weight excluding hydrogens is 178 g/mol. The second kappa shape index (κ2) is 5.65. The number of hydrogen-bond donors (Lipinski definition) is 1. The number of carbonyl (C=O) groups excluding carboxylic acids is 2. The maximum Gasteiger partial charge on any atom is 0.328 e. The molecule has 0 aromatic rings. The van der Waals surface area contributed by atoms with Crippen LogP contribution in [0.3, 0.4) is 0 Å². The van der Waals surface area contributed by atoms with Crippen LogP contribution in [0.2, 0.25) is 0 Å². The summed E-state index contributed by atoms with van der Waals surface area (Å²) in [5.74, 6) is -0.756. The van der Waals surface area contributed by atoms with E-state index in [4.69, 9.17) is 0 Å². The Morgan fingerprint density at radius 1 is 1.67 bits per heavy atom. The van der Waals surface area contributed by atoms with Crippen LogP contribution in [-0.4, -0.2) is 30.4 Å². The molecule has 0 saturated carbocycles. The van der Waals surface area contributed by atoms with E-state index in [-0.39, 0.29) is 5.91 Å². The molecule has 5 heteroatoms. The molecule has 4 nitrogen and oxygen atoms in total. The lowest BCUT2D eigenvalue weighted by molar-refractivity contribution is -0.144. The van der Waals surface area contributed by atoms with Crippen molar-refractivity contribution in [2.75, 3.05) is 7.11 Å². The van der Waals surface area contributed by atoms with Gasteiger partial charge in [0.05, 0.1) is 7.11 Å². The smallest absolute Gasteiger partial charge is 0.328 e. The lowest BCUT2D eigenvalue weighted by atomic mass is 10.2. The summed E-state index contributed by atoms with van der Waals surface area (Å²) in [6, 6.07) is -0.648. The number of esters is 1. The fraction of sp³-hybridized carbons (Fsp3) is 0.571. The summed E-state index contributed by atoms with van der Waals surface area (Å²) in [4.78, 5) is 21.5. The minimum Gasteiger partial charge on any atom is -0.467 e. The van der Waals surface area contributed by atoms with Gasteiger partial charge in [0, 0.05) is 13.3 Å². The maximum atomic E-state index is 10.9. The molecule has 0 fully saturated rings. The van der Waals surface area contributed by atoms with E-state index in [2.05, 4.69) is 22.3 Å². The Bertz CT molecular complexity index is 193. The highest BCUT2D eigenvalue weighted by Gasteiger charge is 2.17. The molecular formula is C7H11NO3S. The molecule has 0 aliphatic rings. The van der Waals surface area contributed by atoms with Gasteiger partial charge in [-0.05, 0) is 5.37 Å². The number of methoxy groups -OCH3 is 1. The lowest BCUT2D eigenvalue weighted by Gasteiger charge is -2.12. The summed E-state index contributed by atoms with van der Waals surface area (Å²) in [7, 11) is 1.26. The predicted octanol–water partition coefficient (Wildman–Crippen LogP) is 0.0539. The van der Waals surface area contributed by atoms with Crippen molar-refractivity contribution in [2.24, 2.45) is 0 Å². The Kier molecular flexibility index (Phi) is 5.19. The van der Waals surface area contributed by atoms with Gasteiger partial charge in [-0.2, -0.15) is 0 Å². The van der Waals surface area contributed by atoms with Gasteiger partial charge in [-0.15, -0.1) is 0 Å². The number of hydrogen-bond acceptors (Lipinski definition) is 4. The number of amides is 1. The van der Waals surface area contributed by atoms with Crippen molar-refractivity contribution in [1.29, 1.82) is 0 Å². The SMILES string of the molecule is COC(=O)C(CC=S)NC(C)=O. The Balaban J connectivity index is 4.11. The van der Waals surface area contributed by atoms with Gasteiger partial charge < -0.3 is 10.1 Å². The number of carbonyl (C=O) groups is 2. The summed E-state index contributed by atoms with van der Waals surface area (Å²) in [6.07, 6.45) is 0.307. The fourth-order valence-electron chi connectivity index (χ4n) is 0.698. The highest BCUT2D eigenvalue weighted by Crippen LogP contribution is 1.92. The molecule has 0 saturated heterocycles. The van der Waals surface area contributed by atoms with Crippen molar-refractivity contribution >= 4 is 29.5 Å². The predicted molar refractivity (Wildman–Crippen MR) is 47.9 cm³/mol. The maximum absolute atomic E-state index is 10.9. The highest BCUT2D eigenvalue weighted by molar-refractivity contribution is 7.78. The van der Waals surface area contributed by atoms with Crippen molar-refractivity contribution < 1.29 is 14.3 Å². The van der Waals surface area contributed by atoms with Crippen LogP contribution in [0, 0.1) is 0 Å². The molecule has 12 heavy (non-hydrogen) atoms. The highest BCUT2D eigenvalue weighted by atomic mass is 32.1. The minimum absolute atomic E-state index is 0.276. The largest absolute Gasteiger partial charge is 0.467 e. The summed E-state index contributed by atoms with van der Waals surface area (Å²) in [5, 5.41) is 3.81. The average Bonchev–Trinajstić information content (AvgIpc) is 2.01. The molecule has 68 valence electrons. The normalized spacial score (nSPS) is 11.5. The van der Waals surface area contributed by atoms with Crippen molar-refractivity contribution in [3.63, 3.8) is 0 Å². The molecule has 0 heterocycles. The number of rotatable bonds is 4. The van der Waals surface area contributed by atoms with Crippen LogP contribution in [0.1, 0.15) is 13.3 Å². The first-order chi connectivity index (χ1) is 5.61. The summed E-state index contributed by atoms with van der Waals surface area (Å²) in [6.45, 7) is 1.33. The van der Waals surface area contributed by atoms with E-state index in [0.29, 0.717) is 6.42 Å². The molecule has 0 aromatic heterocycles. The van der Waals surface area contributed by atoms with Gasteiger partial charge >= 0.3 is 5.97 Å². The molecule has 0 aliphatic carbocycles. The van der Waals surface area contributed by atoms with Crippen molar-refractivity contribution in [1.82, 2.24) is 5.32 Å². The van der Waals surface area contributed by atoms with Crippen LogP contribution in [-0.2, 0) is 14.3 Å². The molecule has 0 bridgehead atoms. The number of ether oxygens (including phenoxy) is 1. The van der Waals surface area contributed by atoms with Crippen LogP contribution in [0.25, 0.3) is 0 Å². The van der Waals surface area contributed by atoms with Gasteiger partial charge in [-0.3, -0.25) is 4.79 Å². The zero-order valence-corrected chi connectivity index (χ0v) is 7.81.